The quantitative estimate of drug-likeness (QED) is 0.484. The SMILES string of the molecule is NNC(=O)COc1cccnc1-c1ccsc1. The van der Waals surface area contributed by atoms with Crippen LogP contribution in [-0.2, 0) is 4.79 Å². The van der Waals surface area contributed by atoms with Crippen molar-refractivity contribution in [3.05, 3.63) is 35.2 Å². The van der Waals surface area contributed by atoms with Crippen LogP contribution in [0, 0.1) is 0 Å². The van der Waals surface area contributed by atoms with Crippen LogP contribution < -0.4 is 16.0 Å². The van der Waals surface area contributed by atoms with Gasteiger partial charge in [0.2, 0.25) is 0 Å². The summed E-state index contributed by atoms with van der Waals surface area (Å²) >= 11 is 1.58. The molecule has 0 aromatic carbocycles. The van der Waals surface area contributed by atoms with E-state index in [4.69, 9.17) is 10.6 Å². The van der Waals surface area contributed by atoms with Gasteiger partial charge in [0.25, 0.3) is 5.91 Å². The minimum atomic E-state index is -0.384. The fourth-order valence-corrected chi connectivity index (χ4v) is 1.95. The molecule has 2 heterocycles. The van der Waals surface area contributed by atoms with Gasteiger partial charge in [-0.15, -0.1) is 0 Å². The molecule has 0 fully saturated rings. The van der Waals surface area contributed by atoms with Crippen LogP contribution in [-0.4, -0.2) is 17.5 Å². The van der Waals surface area contributed by atoms with Gasteiger partial charge in [-0.3, -0.25) is 15.2 Å². The van der Waals surface area contributed by atoms with Gasteiger partial charge in [0.15, 0.2) is 6.61 Å². The van der Waals surface area contributed by atoms with E-state index in [2.05, 4.69) is 4.98 Å². The van der Waals surface area contributed by atoms with Gasteiger partial charge in [0.1, 0.15) is 11.4 Å². The number of hydrazine groups is 1. The Morgan fingerprint density at radius 1 is 1.53 bits per heavy atom. The molecule has 17 heavy (non-hydrogen) atoms. The second-order valence-corrected chi connectivity index (χ2v) is 4.00. The van der Waals surface area contributed by atoms with Gasteiger partial charge in [0, 0.05) is 17.1 Å². The number of rotatable bonds is 4. The van der Waals surface area contributed by atoms with Crippen LogP contribution in [0.4, 0.5) is 0 Å². The Bertz CT molecular complexity index is 499. The number of hydrogen-bond acceptors (Lipinski definition) is 5. The summed E-state index contributed by atoms with van der Waals surface area (Å²) in [5.74, 6) is 5.16. The maximum atomic E-state index is 11.0. The molecule has 2 rings (SSSR count). The first-order chi connectivity index (χ1) is 8.31. The van der Waals surface area contributed by atoms with Gasteiger partial charge in [-0.2, -0.15) is 11.3 Å². The number of carbonyl (C=O) groups is 1. The minimum absolute atomic E-state index is 0.126. The molecule has 3 N–H and O–H groups in total. The predicted molar refractivity (Wildman–Crippen MR) is 65.4 cm³/mol. The fraction of sp³-hybridized carbons (Fsp3) is 0.0909. The zero-order valence-electron chi connectivity index (χ0n) is 8.92. The third-order valence-electron chi connectivity index (χ3n) is 2.09. The summed E-state index contributed by atoms with van der Waals surface area (Å²) in [6.07, 6.45) is 1.68. The van der Waals surface area contributed by atoms with Crippen LogP contribution in [0.3, 0.4) is 0 Å². The van der Waals surface area contributed by atoms with E-state index in [-0.39, 0.29) is 12.5 Å². The number of nitrogens with two attached hydrogens (primary N) is 1. The molecular formula is C11H11N3O2S. The van der Waals surface area contributed by atoms with E-state index in [1.54, 1.807) is 29.7 Å². The Morgan fingerprint density at radius 2 is 2.41 bits per heavy atom. The molecular weight excluding hydrogens is 238 g/mol. The summed E-state index contributed by atoms with van der Waals surface area (Å²) in [7, 11) is 0. The summed E-state index contributed by atoms with van der Waals surface area (Å²) in [6, 6.07) is 5.47. The summed E-state index contributed by atoms with van der Waals surface area (Å²) in [5.41, 5.74) is 3.70. The average molecular weight is 249 g/mol. The van der Waals surface area contributed by atoms with E-state index < -0.39 is 0 Å². The largest absolute Gasteiger partial charge is 0.481 e. The number of ether oxygens (including phenoxy) is 1. The van der Waals surface area contributed by atoms with Gasteiger partial charge in [-0.25, -0.2) is 5.84 Å². The molecule has 0 saturated heterocycles. The number of hydrogen-bond donors (Lipinski definition) is 2. The Kier molecular flexibility index (Phi) is 3.69. The summed E-state index contributed by atoms with van der Waals surface area (Å²) in [5, 5.41) is 3.93. The van der Waals surface area contributed by atoms with Crippen LogP contribution in [0.2, 0.25) is 0 Å². The van der Waals surface area contributed by atoms with Gasteiger partial charge < -0.3 is 4.74 Å². The number of nitrogens with zero attached hydrogens (tertiary/aromatic N) is 1. The Morgan fingerprint density at radius 3 is 3.12 bits per heavy atom. The molecule has 0 saturated carbocycles. The highest BCUT2D eigenvalue weighted by Crippen LogP contribution is 2.28. The highest BCUT2D eigenvalue weighted by molar-refractivity contribution is 7.08. The van der Waals surface area contributed by atoms with Gasteiger partial charge >= 0.3 is 0 Å². The molecule has 0 aliphatic carbocycles. The Labute approximate surface area is 102 Å². The van der Waals surface area contributed by atoms with Gasteiger partial charge in [-0.05, 0) is 23.6 Å². The van der Waals surface area contributed by atoms with Crippen LogP contribution in [0.15, 0.2) is 35.2 Å². The normalized spacial score (nSPS) is 9.94. The fourth-order valence-electron chi connectivity index (χ4n) is 1.31. The monoisotopic (exact) mass is 249 g/mol. The molecule has 0 radical (unpaired) electrons. The van der Waals surface area contributed by atoms with Crippen molar-refractivity contribution in [3.8, 4) is 17.0 Å². The molecule has 1 amide bonds. The number of carbonyl (C=O) groups excluding carboxylic acids is 1. The molecule has 0 aliphatic rings. The third-order valence-corrected chi connectivity index (χ3v) is 2.77. The molecule has 88 valence electrons. The first-order valence-electron chi connectivity index (χ1n) is 4.91. The number of amides is 1. The number of pyridine rings is 1. The van der Waals surface area contributed by atoms with E-state index in [0.29, 0.717) is 5.75 Å². The lowest BCUT2D eigenvalue weighted by Crippen LogP contribution is -2.34. The van der Waals surface area contributed by atoms with Crippen LogP contribution in [0.25, 0.3) is 11.3 Å². The molecule has 2 aromatic heterocycles. The summed E-state index contributed by atoms with van der Waals surface area (Å²) in [4.78, 5) is 15.2. The zero-order chi connectivity index (χ0) is 12.1. The maximum Gasteiger partial charge on any atom is 0.271 e. The highest BCUT2D eigenvalue weighted by atomic mass is 32.1. The first kappa shape index (κ1) is 11.6. The van der Waals surface area contributed by atoms with E-state index in [0.717, 1.165) is 11.3 Å². The molecule has 0 unspecified atom stereocenters. The second kappa shape index (κ2) is 5.42. The van der Waals surface area contributed by atoms with E-state index in [1.807, 2.05) is 22.3 Å². The van der Waals surface area contributed by atoms with Crippen molar-refractivity contribution in [2.45, 2.75) is 0 Å². The zero-order valence-corrected chi connectivity index (χ0v) is 9.74. The molecule has 0 bridgehead atoms. The van der Waals surface area contributed by atoms with Crippen molar-refractivity contribution < 1.29 is 9.53 Å². The molecule has 5 nitrogen and oxygen atoms in total. The van der Waals surface area contributed by atoms with Crippen molar-refractivity contribution >= 4 is 17.2 Å². The first-order valence-corrected chi connectivity index (χ1v) is 5.85. The number of aromatic nitrogens is 1. The van der Waals surface area contributed by atoms with Gasteiger partial charge in [0.05, 0.1) is 0 Å². The lowest BCUT2D eigenvalue weighted by molar-refractivity contribution is -0.123. The topological polar surface area (TPSA) is 77.2 Å². The van der Waals surface area contributed by atoms with E-state index in [9.17, 15) is 4.79 Å². The van der Waals surface area contributed by atoms with E-state index >= 15 is 0 Å². The molecule has 0 spiro atoms. The van der Waals surface area contributed by atoms with E-state index in [1.165, 1.54) is 0 Å². The maximum absolute atomic E-state index is 11.0. The van der Waals surface area contributed by atoms with Crippen LogP contribution in [0.1, 0.15) is 0 Å². The lowest BCUT2D eigenvalue weighted by Gasteiger charge is -2.08. The standard InChI is InChI=1S/C11H11N3O2S/c12-14-10(15)6-16-9-2-1-4-13-11(9)8-3-5-17-7-8/h1-5,7H,6,12H2,(H,14,15). The third kappa shape index (κ3) is 2.80. The van der Waals surface area contributed by atoms with Crippen LogP contribution in [0.5, 0.6) is 5.75 Å². The minimum Gasteiger partial charge on any atom is -0.481 e. The summed E-state index contributed by atoms with van der Waals surface area (Å²) < 4.78 is 5.36. The van der Waals surface area contributed by atoms with Crippen molar-refractivity contribution in [1.82, 2.24) is 10.4 Å². The average Bonchev–Trinajstić information content (AvgIpc) is 2.90. The Hall–Kier alpha value is -1.92. The van der Waals surface area contributed by atoms with Crippen molar-refractivity contribution in [2.75, 3.05) is 6.61 Å². The van der Waals surface area contributed by atoms with Crippen LogP contribution >= 0.6 is 11.3 Å². The smallest absolute Gasteiger partial charge is 0.271 e. The number of nitrogens with one attached hydrogen (secondary N) is 1. The second-order valence-electron chi connectivity index (χ2n) is 3.22. The van der Waals surface area contributed by atoms with Crippen molar-refractivity contribution in [2.24, 2.45) is 5.84 Å². The van der Waals surface area contributed by atoms with Crippen molar-refractivity contribution in [3.63, 3.8) is 0 Å². The molecule has 2 aromatic rings. The lowest BCUT2D eigenvalue weighted by atomic mass is 10.2. The Balaban J connectivity index is 2.20. The molecule has 6 heteroatoms. The van der Waals surface area contributed by atoms with Crippen molar-refractivity contribution in [1.29, 1.82) is 0 Å². The van der Waals surface area contributed by atoms with Gasteiger partial charge in [-0.1, -0.05) is 0 Å². The summed E-state index contributed by atoms with van der Waals surface area (Å²) in [6.45, 7) is -0.126. The predicted octanol–water partition coefficient (Wildman–Crippen LogP) is 1.18. The molecule has 0 atom stereocenters. The number of thiophene rings is 1. The highest BCUT2D eigenvalue weighted by Gasteiger charge is 2.09. The molecule has 0 aliphatic heterocycles.